The van der Waals surface area contributed by atoms with Gasteiger partial charge in [0.25, 0.3) is 0 Å². The summed E-state index contributed by atoms with van der Waals surface area (Å²) in [4.78, 5) is 36.8. The Hall–Kier alpha value is -3.35. The maximum atomic E-state index is 12.3. The Kier molecular flexibility index (Phi) is 8.59. The zero-order valence-electron chi connectivity index (χ0n) is 17.9. The second-order valence-electron chi connectivity index (χ2n) is 7.44. The van der Waals surface area contributed by atoms with E-state index in [9.17, 15) is 19.5 Å². The predicted octanol–water partition coefficient (Wildman–Crippen LogP) is 4.15. The first-order valence-corrected chi connectivity index (χ1v) is 9.32. The van der Waals surface area contributed by atoms with Crippen molar-refractivity contribution in [1.82, 2.24) is 4.90 Å². The standard InChI is InChI=1S/C23H29NO6/c1-8-20(25)29-13-19(14-30-21(26)16(4)5)24(22(27)28)23(6,7)18-11-9-10-17(12-18)15(2)3/h8-12,19H,1-2,4,13-14H2,3,5-7H3,(H,27,28). The largest absolute Gasteiger partial charge is 0.465 e. The number of benzene rings is 1. The zero-order valence-corrected chi connectivity index (χ0v) is 17.9. The maximum absolute atomic E-state index is 12.3. The number of amides is 1. The molecule has 0 spiro atoms. The Morgan fingerprint density at radius 3 is 2.27 bits per heavy atom. The van der Waals surface area contributed by atoms with Crippen LogP contribution in [0.3, 0.4) is 0 Å². The molecule has 1 unspecified atom stereocenters. The third-order valence-electron chi connectivity index (χ3n) is 4.58. The number of ether oxygens (including phenoxy) is 2. The molecule has 162 valence electrons. The summed E-state index contributed by atoms with van der Waals surface area (Å²) in [6, 6.07) is 6.39. The minimum atomic E-state index is -1.26. The number of nitrogens with zero attached hydrogens (tertiary/aromatic N) is 1. The van der Waals surface area contributed by atoms with Gasteiger partial charge in [-0.3, -0.25) is 4.90 Å². The maximum Gasteiger partial charge on any atom is 0.408 e. The van der Waals surface area contributed by atoms with Crippen LogP contribution in [-0.4, -0.2) is 47.3 Å². The summed E-state index contributed by atoms with van der Waals surface area (Å²) < 4.78 is 10.3. The average molecular weight is 415 g/mol. The Morgan fingerprint density at radius 1 is 1.17 bits per heavy atom. The second kappa shape index (κ2) is 10.4. The summed E-state index contributed by atoms with van der Waals surface area (Å²) in [6.07, 6.45) is -0.282. The van der Waals surface area contributed by atoms with E-state index in [0.29, 0.717) is 5.56 Å². The molecule has 1 N–H and O–H groups in total. The van der Waals surface area contributed by atoms with Gasteiger partial charge in [-0.05, 0) is 44.9 Å². The van der Waals surface area contributed by atoms with Crippen molar-refractivity contribution in [3.8, 4) is 0 Å². The summed E-state index contributed by atoms with van der Waals surface area (Å²) >= 11 is 0. The molecule has 1 aromatic carbocycles. The third-order valence-corrected chi connectivity index (χ3v) is 4.58. The van der Waals surface area contributed by atoms with Crippen LogP contribution in [0.4, 0.5) is 4.79 Å². The molecule has 0 fully saturated rings. The molecule has 0 saturated carbocycles. The van der Waals surface area contributed by atoms with Crippen LogP contribution < -0.4 is 0 Å². The summed E-state index contributed by atoms with van der Waals surface area (Å²) in [5, 5.41) is 10.0. The summed E-state index contributed by atoms with van der Waals surface area (Å²) in [6.45, 7) is 16.9. The second-order valence-corrected chi connectivity index (χ2v) is 7.44. The highest BCUT2D eigenvalue weighted by Crippen LogP contribution is 2.32. The number of carboxylic acid groups (broad SMARTS) is 1. The van der Waals surface area contributed by atoms with Crippen molar-refractivity contribution in [2.45, 2.75) is 39.3 Å². The van der Waals surface area contributed by atoms with E-state index in [0.717, 1.165) is 22.1 Å². The van der Waals surface area contributed by atoms with E-state index in [1.807, 2.05) is 25.1 Å². The lowest BCUT2D eigenvalue weighted by Gasteiger charge is -2.41. The van der Waals surface area contributed by atoms with Gasteiger partial charge in [-0.25, -0.2) is 14.4 Å². The molecule has 1 aromatic rings. The normalized spacial score (nSPS) is 11.7. The van der Waals surface area contributed by atoms with Crippen molar-refractivity contribution in [2.24, 2.45) is 0 Å². The Bertz CT molecular complexity index is 855. The number of allylic oxidation sites excluding steroid dienone is 1. The van der Waals surface area contributed by atoms with E-state index >= 15 is 0 Å². The molecule has 0 heterocycles. The monoisotopic (exact) mass is 415 g/mol. The molecular formula is C23H29NO6. The molecule has 0 bridgehead atoms. The SMILES string of the molecule is C=CC(=O)OCC(COC(=O)C(=C)C)N(C(=O)O)C(C)(C)c1cccc(C(=C)C)c1. The topological polar surface area (TPSA) is 93.1 Å². The number of hydrogen-bond acceptors (Lipinski definition) is 5. The van der Waals surface area contributed by atoms with Gasteiger partial charge in [0.05, 0.1) is 5.54 Å². The van der Waals surface area contributed by atoms with Crippen LogP contribution in [0, 0.1) is 0 Å². The van der Waals surface area contributed by atoms with E-state index in [-0.39, 0.29) is 18.8 Å². The molecule has 7 nitrogen and oxygen atoms in total. The highest BCUT2D eigenvalue weighted by atomic mass is 16.5. The fourth-order valence-electron chi connectivity index (χ4n) is 2.89. The molecule has 0 saturated heterocycles. The van der Waals surface area contributed by atoms with Crippen molar-refractivity contribution < 1.29 is 29.0 Å². The first-order valence-electron chi connectivity index (χ1n) is 9.32. The van der Waals surface area contributed by atoms with Gasteiger partial charge in [-0.2, -0.15) is 0 Å². The number of carbonyl (C=O) groups excluding carboxylic acids is 2. The fraction of sp³-hybridized carbons (Fsp3) is 0.348. The Morgan fingerprint density at radius 2 is 1.77 bits per heavy atom. The van der Waals surface area contributed by atoms with Gasteiger partial charge in [0.2, 0.25) is 0 Å². The van der Waals surface area contributed by atoms with Gasteiger partial charge in [-0.15, -0.1) is 0 Å². The zero-order chi connectivity index (χ0) is 23.1. The molecule has 1 amide bonds. The Labute approximate surface area is 177 Å². The fourth-order valence-corrected chi connectivity index (χ4v) is 2.89. The van der Waals surface area contributed by atoms with E-state index in [4.69, 9.17) is 9.47 Å². The Balaban J connectivity index is 3.34. The first kappa shape index (κ1) is 24.7. The highest BCUT2D eigenvalue weighted by molar-refractivity contribution is 5.87. The molecule has 0 aromatic heterocycles. The summed E-state index contributed by atoms with van der Waals surface area (Å²) in [7, 11) is 0. The van der Waals surface area contributed by atoms with Crippen LogP contribution in [0.15, 0.2) is 55.7 Å². The molecular weight excluding hydrogens is 386 g/mol. The van der Waals surface area contributed by atoms with Crippen LogP contribution >= 0.6 is 0 Å². The van der Waals surface area contributed by atoms with Gasteiger partial charge in [0.1, 0.15) is 19.3 Å². The quantitative estimate of drug-likeness (QED) is 0.456. The van der Waals surface area contributed by atoms with E-state index in [1.54, 1.807) is 19.9 Å². The molecule has 0 aliphatic heterocycles. The number of rotatable bonds is 10. The third kappa shape index (κ3) is 6.34. The minimum Gasteiger partial charge on any atom is -0.465 e. The highest BCUT2D eigenvalue weighted by Gasteiger charge is 2.39. The van der Waals surface area contributed by atoms with Crippen molar-refractivity contribution in [3.63, 3.8) is 0 Å². The van der Waals surface area contributed by atoms with E-state index < -0.39 is 29.6 Å². The molecule has 0 aliphatic carbocycles. The minimum absolute atomic E-state index is 0.173. The van der Waals surface area contributed by atoms with Crippen molar-refractivity contribution in [1.29, 1.82) is 0 Å². The van der Waals surface area contributed by atoms with Crippen molar-refractivity contribution >= 4 is 23.6 Å². The number of esters is 2. The smallest absolute Gasteiger partial charge is 0.408 e. The molecule has 1 rings (SSSR count). The van der Waals surface area contributed by atoms with Gasteiger partial charge >= 0.3 is 18.0 Å². The van der Waals surface area contributed by atoms with Gasteiger partial charge in [0, 0.05) is 11.6 Å². The predicted molar refractivity (Wildman–Crippen MR) is 115 cm³/mol. The number of carbonyl (C=O) groups is 3. The van der Waals surface area contributed by atoms with E-state index in [2.05, 4.69) is 19.7 Å². The van der Waals surface area contributed by atoms with Crippen molar-refractivity contribution in [3.05, 3.63) is 66.8 Å². The lowest BCUT2D eigenvalue weighted by Crippen LogP contribution is -2.54. The van der Waals surface area contributed by atoms with Gasteiger partial charge < -0.3 is 14.6 Å². The molecule has 7 heteroatoms. The molecule has 0 radical (unpaired) electrons. The van der Waals surface area contributed by atoms with Crippen LogP contribution in [0.2, 0.25) is 0 Å². The summed E-state index contributed by atoms with van der Waals surface area (Å²) in [5.41, 5.74) is 1.54. The van der Waals surface area contributed by atoms with Crippen LogP contribution in [0.25, 0.3) is 5.57 Å². The molecule has 1 atom stereocenters. The van der Waals surface area contributed by atoms with Crippen LogP contribution in [0.5, 0.6) is 0 Å². The van der Waals surface area contributed by atoms with Gasteiger partial charge in [-0.1, -0.05) is 43.5 Å². The summed E-state index contributed by atoms with van der Waals surface area (Å²) in [5.74, 6) is -1.37. The van der Waals surface area contributed by atoms with Crippen LogP contribution in [0.1, 0.15) is 38.8 Å². The first-order chi connectivity index (χ1) is 13.9. The lowest BCUT2D eigenvalue weighted by molar-refractivity contribution is -0.145. The van der Waals surface area contributed by atoms with Gasteiger partial charge in [0.15, 0.2) is 0 Å². The molecule has 30 heavy (non-hydrogen) atoms. The molecule has 0 aliphatic rings. The van der Waals surface area contributed by atoms with Crippen LogP contribution in [-0.2, 0) is 24.6 Å². The van der Waals surface area contributed by atoms with E-state index in [1.165, 1.54) is 6.92 Å². The van der Waals surface area contributed by atoms with Crippen molar-refractivity contribution in [2.75, 3.05) is 13.2 Å². The lowest BCUT2D eigenvalue weighted by atomic mass is 9.89. The number of hydrogen-bond donors (Lipinski definition) is 1. The average Bonchev–Trinajstić information content (AvgIpc) is 2.68.